The minimum atomic E-state index is 0.568. The summed E-state index contributed by atoms with van der Waals surface area (Å²) in [5.41, 5.74) is 1.21. The molecular formula is C6H4N6. The lowest BCUT2D eigenvalue weighted by Gasteiger charge is -1.93. The van der Waals surface area contributed by atoms with E-state index in [9.17, 15) is 0 Å². The predicted octanol–water partition coefficient (Wildman–Crippen LogP) is -0.276. The topological polar surface area (TPSA) is 77.3 Å². The molecule has 0 aliphatic heterocycles. The monoisotopic (exact) mass is 160 g/mol. The van der Waals surface area contributed by atoms with Crippen molar-refractivity contribution >= 4 is 0 Å². The summed E-state index contributed by atoms with van der Waals surface area (Å²) >= 11 is 0. The SMILES string of the molecule is c1cnc(-c2cnnnn2)cn1. The largest absolute Gasteiger partial charge is 0.261 e. The number of rotatable bonds is 1. The standard InChI is InChI=1S/C6H4N6/c1-2-8-5(3-7-1)6-4-9-11-12-10-6/h1-4H. The summed E-state index contributed by atoms with van der Waals surface area (Å²) in [6, 6.07) is 0. The molecule has 0 aromatic carbocycles. The average Bonchev–Trinajstić information content (AvgIpc) is 2.21. The predicted molar refractivity (Wildman–Crippen MR) is 38.6 cm³/mol. The molecule has 0 unspecified atom stereocenters. The average molecular weight is 160 g/mol. The summed E-state index contributed by atoms with van der Waals surface area (Å²) in [6.07, 6.45) is 6.24. The fraction of sp³-hybridized carbons (Fsp3) is 0. The van der Waals surface area contributed by atoms with Crippen LogP contribution in [0.4, 0.5) is 0 Å². The summed E-state index contributed by atoms with van der Waals surface area (Å²) in [7, 11) is 0. The van der Waals surface area contributed by atoms with Crippen molar-refractivity contribution in [3.05, 3.63) is 24.8 Å². The van der Waals surface area contributed by atoms with Crippen molar-refractivity contribution in [3.63, 3.8) is 0 Å². The Morgan fingerprint density at radius 2 is 1.92 bits per heavy atom. The van der Waals surface area contributed by atoms with E-state index in [2.05, 4.69) is 30.6 Å². The molecule has 6 nitrogen and oxygen atoms in total. The maximum absolute atomic E-state index is 4.02. The van der Waals surface area contributed by atoms with Crippen LogP contribution in [0.2, 0.25) is 0 Å². The second kappa shape index (κ2) is 2.95. The number of aromatic nitrogens is 6. The van der Waals surface area contributed by atoms with Crippen LogP contribution in [0.25, 0.3) is 11.4 Å². The Balaban J connectivity index is 2.46. The van der Waals surface area contributed by atoms with Crippen LogP contribution >= 0.6 is 0 Å². The lowest BCUT2D eigenvalue weighted by Crippen LogP contribution is -1.94. The molecule has 12 heavy (non-hydrogen) atoms. The zero-order valence-corrected chi connectivity index (χ0v) is 5.99. The third-order valence-electron chi connectivity index (χ3n) is 1.25. The Kier molecular flexibility index (Phi) is 1.65. The third-order valence-corrected chi connectivity index (χ3v) is 1.25. The van der Waals surface area contributed by atoms with Gasteiger partial charge in [0.2, 0.25) is 0 Å². The minimum Gasteiger partial charge on any atom is -0.261 e. The van der Waals surface area contributed by atoms with Gasteiger partial charge in [-0.3, -0.25) is 9.97 Å². The molecule has 0 spiro atoms. The molecule has 0 N–H and O–H groups in total. The molecule has 0 saturated heterocycles. The van der Waals surface area contributed by atoms with E-state index < -0.39 is 0 Å². The van der Waals surface area contributed by atoms with Crippen molar-refractivity contribution in [2.45, 2.75) is 0 Å². The fourth-order valence-corrected chi connectivity index (χ4v) is 0.746. The van der Waals surface area contributed by atoms with Crippen molar-refractivity contribution in [1.29, 1.82) is 0 Å². The quantitative estimate of drug-likeness (QED) is 0.571. The van der Waals surface area contributed by atoms with Crippen LogP contribution in [0.5, 0.6) is 0 Å². The number of nitrogens with zero attached hydrogens (tertiary/aromatic N) is 6. The summed E-state index contributed by atoms with van der Waals surface area (Å²) in [4.78, 5) is 7.90. The Morgan fingerprint density at radius 3 is 2.58 bits per heavy atom. The molecular weight excluding hydrogens is 156 g/mol. The number of hydrogen-bond donors (Lipinski definition) is 0. The molecule has 0 atom stereocenters. The first-order valence-electron chi connectivity index (χ1n) is 3.24. The second-order valence-corrected chi connectivity index (χ2v) is 2.00. The lowest BCUT2D eigenvalue weighted by molar-refractivity contribution is 0.764. The highest BCUT2D eigenvalue weighted by Crippen LogP contribution is 2.06. The van der Waals surface area contributed by atoms with Gasteiger partial charge in [0.25, 0.3) is 0 Å². The molecule has 2 rings (SSSR count). The Labute approximate surface area is 67.7 Å². The highest BCUT2D eigenvalue weighted by atomic mass is 15.4. The van der Waals surface area contributed by atoms with E-state index in [0.29, 0.717) is 11.4 Å². The maximum Gasteiger partial charge on any atom is 0.135 e. The highest BCUT2D eigenvalue weighted by Gasteiger charge is 1.99. The van der Waals surface area contributed by atoms with Crippen molar-refractivity contribution in [1.82, 2.24) is 30.6 Å². The Hall–Kier alpha value is -1.98. The molecule has 0 aliphatic carbocycles. The van der Waals surface area contributed by atoms with E-state index in [0.717, 1.165) is 0 Å². The van der Waals surface area contributed by atoms with E-state index >= 15 is 0 Å². The summed E-state index contributed by atoms with van der Waals surface area (Å²) in [5.74, 6) is 0. The van der Waals surface area contributed by atoms with Gasteiger partial charge in [0.1, 0.15) is 11.4 Å². The van der Waals surface area contributed by atoms with Crippen molar-refractivity contribution < 1.29 is 0 Å². The van der Waals surface area contributed by atoms with Crippen molar-refractivity contribution in [3.8, 4) is 11.4 Å². The van der Waals surface area contributed by atoms with E-state index in [4.69, 9.17) is 0 Å². The highest BCUT2D eigenvalue weighted by molar-refractivity contribution is 5.49. The zero-order valence-electron chi connectivity index (χ0n) is 5.99. The normalized spacial score (nSPS) is 9.67. The zero-order chi connectivity index (χ0) is 8.23. The van der Waals surface area contributed by atoms with E-state index in [1.165, 1.54) is 6.20 Å². The smallest absolute Gasteiger partial charge is 0.135 e. The van der Waals surface area contributed by atoms with Gasteiger partial charge in [-0.15, -0.1) is 10.2 Å². The summed E-state index contributed by atoms with van der Waals surface area (Å²) < 4.78 is 0. The van der Waals surface area contributed by atoms with Crippen LogP contribution in [0.1, 0.15) is 0 Å². The third kappa shape index (κ3) is 1.22. The van der Waals surface area contributed by atoms with Gasteiger partial charge >= 0.3 is 0 Å². The first-order chi connectivity index (χ1) is 5.97. The van der Waals surface area contributed by atoms with E-state index in [1.807, 2.05) is 0 Å². The van der Waals surface area contributed by atoms with E-state index in [1.54, 1.807) is 18.6 Å². The van der Waals surface area contributed by atoms with Gasteiger partial charge in [-0.05, 0) is 10.4 Å². The molecule has 0 aliphatic rings. The molecule has 6 heteroatoms. The van der Waals surface area contributed by atoms with Crippen molar-refractivity contribution in [2.75, 3.05) is 0 Å². The maximum atomic E-state index is 4.02. The van der Waals surface area contributed by atoms with Gasteiger partial charge in [0.05, 0.1) is 12.4 Å². The van der Waals surface area contributed by atoms with Gasteiger partial charge < -0.3 is 0 Å². The number of hydrogen-bond acceptors (Lipinski definition) is 6. The van der Waals surface area contributed by atoms with Crippen LogP contribution in [0, 0.1) is 0 Å². The van der Waals surface area contributed by atoms with Crippen molar-refractivity contribution in [2.24, 2.45) is 0 Å². The fourth-order valence-electron chi connectivity index (χ4n) is 0.746. The Bertz CT molecular complexity index is 309. The molecule has 2 heterocycles. The summed E-state index contributed by atoms with van der Waals surface area (Å²) in [6.45, 7) is 0. The van der Waals surface area contributed by atoms with Crippen LogP contribution < -0.4 is 0 Å². The first kappa shape index (κ1) is 6.71. The van der Waals surface area contributed by atoms with Crippen LogP contribution in [-0.2, 0) is 0 Å². The Morgan fingerprint density at radius 1 is 0.917 bits per heavy atom. The first-order valence-corrected chi connectivity index (χ1v) is 3.24. The van der Waals surface area contributed by atoms with Gasteiger partial charge in [-0.1, -0.05) is 0 Å². The molecule has 2 aromatic rings. The molecule has 0 amide bonds. The van der Waals surface area contributed by atoms with E-state index in [-0.39, 0.29) is 0 Å². The van der Waals surface area contributed by atoms with Gasteiger partial charge in [-0.2, -0.15) is 0 Å². The van der Waals surface area contributed by atoms with Crippen LogP contribution in [-0.4, -0.2) is 30.6 Å². The molecule has 0 saturated carbocycles. The molecule has 0 radical (unpaired) electrons. The molecule has 0 fully saturated rings. The molecule has 2 aromatic heterocycles. The van der Waals surface area contributed by atoms with Gasteiger partial charge in [0, 0.05) is 12.4 Å². The lowest BCUT2D eigenvalue weighted by atomic mass is 10.3. The minimum absolute atomic E-state index is 0.568. The molecule has 0 bridgehead atoms. The van der Waals surface area contributed by atoms with Crippen LogP contribution in [0.15, 0.2) is 24.8 Å². The van der Waals surface area contributed by atoms with Crippen LogP contribution in [0.3, 0.4) is 0 Å². The molecule has 58 valence electrons. The van der Waals surface area contributed by atoms with Gasteiger partial charge in [0.15, 0.2) is 0 Å². The summed E-state index contributed by atoms with van der Waals surface area (Å²) in [5, 5.41) is 14.0. The van der Waals surface area contributed by atoms with Gasteiger partial charge in [-0.25, -0.2) is 0 Å². The second-order valence-electron chi connectivity index (χ2n) is 2.00.